The molecule has 0 bridgehead atoms. The zero-order valence-corrected chi connectivity index (χ0v) is 31.0. The van der Waals surface area contributed by atoms with E-state index in [-0.39, 0.29) is 75.6 Å². The summed E-state index contributed by atoms with van der Waals surface area (Å²) in [5.41, 5.74) is 4.19. The van der Waals surface area contributed by atoms with Gasteiger partial charge in [0, 0.05) is 45.9 Å². The maximum Gasteiger partial charge on any atom is 0.247 e. The molecule has 7 atom stereocenters. The smallest absolute Gasteiger partial charge is 0.247 e. The molecule has 3 N–H and O–H groups in total. The number of fused-ring (bicyclic) bond motifs is 1. The normalized spacial score (nSPS) is 18.4. The number of amides is 3. The third kappa shape index (κ3) is 10.8. The number of likely N-dealkylation sites (N-methyl/N-ethyl adjacent to an activating group) is 1. The first-order valence-corrected chi connectivity index (χ1v) is 16.3. The van der Waals surface area contributed by atoms with Gasteiger partial charge in [-0.3, -0.25) is 20.8 Å². The van der Waals surface area contributed by atoms with E-state index in [0.29, 0.717) is 6.42 Å². The molecule has 3 aromatic rings. The van der Waals surface area contributed by atoms with Crippen molar-refractivity contribution >= 4 is 17.7 Å². The molecule has 0 saturated heterocycles. The Labute approximate surface area is 305 Å². The molecule has 7 unspecified atom stereocenters. The topological polar surface area (TPSA) is 106 Å². The standard InChI is InChI=1S/C38H48N3O5.Y/c1-6-25(2)34(37(43)39-5)41-36(42)32(45-23-28-15-9-7-10-16-28)22-27(4)35(46-24-29-17-11-8-12-18-29)38(44)40-33-26(3)21-30-19-13-14-20-31(30)33;/h7-20,22,25-27,32-35H,6,21,23-24H2,1-5H3,(H,39,43)(H,40,44)(H,41,42);/q-1;. The van der Waals surface area contributed by atoms with Crippen molar-refractivity contribution in [3.05, 3.63) is 114 Å². The molecule has 8 nitrogen and oxygen atoms in total. The van der Waals surface area contributed by atoms with Crippen LogP contribution in [-0.2, 0) is 76.2 Å². The Morgan fingerprint density at radius 3 is 2.00 bits per heavy atom. The summed E-state index contributed by atoms with van der Waals surface area (Å²) in [6.45, 7) is 8.29. The van der Waals surface area contributed by atoms with Gasteiger partial charge in [-0.25, -0.2) is 0 Å². The fraction of sp³-hybridized carbons (Fsp3) is 0.421. The van der Waals surface area contributed by atoms with Gasteiger partial charge in [0.1, 0.15) is 12.1 Å². The number of carbonyl (C=O) groups is 3. The molecule has 249 valence electrons. The van der Waals surface area contributed by atoms with Gasteiger partial charge in [-0.1, -0.05) is 119 Å². The van der Waals surface area contributed by atoms with E-state index in [4.69, 9.17) is 9.47 Å². The molecular formula is C38H48N3O5Y-. The van der Waals surface area contributed by atoms with Gasteiger partial charge in [-0.2, -0.15) is 0 Å². The molecule has 1 aliphatic carbocycles. The van der Waals surface area contributed by atoms with Crippen molar-refractivity contribution in [3.8, 4) is 0 Å². The molecule has 0 heterocycles. The van der Waals surface area contributed by atoms with Crippen LogP contribution in [0.15, 0.2) is 84.9 Å². The van der Waals surface area contributed by atoms with Crippen LogP contribution in [0.1, 0.15) is 62.4 Å². The van der Waals surface area contributed by atoms with Crippen LogP contribution >= 0.6 is 0 Å². The Morgan fingerprint density at radius 2 is 1.40 bits per heavy atom. The molecule has 47 heavy (non-hydrogen) atoms. The summed E-state index contributed by atoms with van der Waals surface area (Å²) in [6.07, 6.45) is 1.35. The Kier molecular flexibility index (Phi) is 15.7. The fourth-order valence-electron chi connectivity index (χ4n) is 5.92. The van der Waals surface area contributed by atoms with Gasteiger partial charge in [0.05, 0.1) is 19.3 Å². The first kappa shape index (κ1) is 38.5. The first-order chi connectivity index (χ1) is 22.2. The predicted octanol–water partition coefficient (Wildman–Crippen LogP) is 5.32. The minimum Gasteiger partial charge on any atom is -0.396 e. The molecule has 4 rings (SSSR count). The van der Waals surface area contributed by atoms with Crippen LogP contribution < -0.4 is 16.0 Å². The molecule has 1 aliphatic rings. The van der Waals surface area contributed by atoms with Crippen LogP contribution in [0, 0.1) is 24.2 Å². The SMILES string of the molecule is CCC(C)C(NC(=O)C([CH-]C(C)C(OCc1ccccc1)C(=O)NC1c2ccccc2CC1C)OCc1ccccc1)C(=O)NC.[Y]. The number of carbonyl (C=O) groups excluding carboxylic acids is 3. The molecule has 9 heteroatoms. The quantitative estimate of drug-likeness (QED) is 0.174. The minimum absolute atomic E-state index is 0. The van der Waals surface area contributed by atoms with Crippen LogP contribution in [0.3, 0.4) is 0 Å². The number of hydrogen-bond donors (Lipinski definition) is 3. The largest absolute Gasteiger partial charge is 0.396 e. The minimum atomic E-state index is -1.05. The van der Waals surface area contributed by atoms with E-state index >= 15 is 0 Å². The molecular weight excluding hydrogens is 667 g/mol. The fourth-order valence-corrected chi connectivity index (χ4v) is 5.92. The van der Waals surface area contributed by atoms with Crippen LogP contribution in [0.2, 0.25) is 0 Å². The maximum absolute atomic E-state index is 14.0. The maximum atomic E-state index is 14.0. The summed E-state index contributed by atoms with van der Waals surface area (Å²) in [4.78, 5) is 40.5. The second-order valence-electron chi connectivity index (χ2n) is 12.3. The summed E-state index contributed by atoms with van der Waals surface area (Å²) in [5.74, 6) is -1.36. The Morgan fingerprint density at radius 1 is 0.830 bits per heavy atom. The second kappa shape index (κ2) is 19.2. The van der Waals surface area contributed by atoms with Crippen molar-refractivity contribution in [3.63, 3.8) is 0 Å². The van der Waals surface area contributed by atoms with Crippen molar-refractivity contribution in [1.82, 2.24) is 16.0 Å². The van der Waals surface area contributed by atoms with E-state index in [1.807, 2.05) is 93.6 Å². The third-order valence-electron chi connectivity index (χ3n) is 8.86. The predicted molar refractivity (Wildman–Crippen MR) is 179 cm³/mol. The van der Waals surface area contributed by atoms with E-state index < -0.39 is 30.1 Å². The van der Waals surface area contributed by atoms with Gasteiger partial charge in [-0.15, -0.1) is 5.92 Å². The number of benzene rings is 3. The van der Waals surface area contributed by atoms with Gasteiger partial charge in [0.2, 0.25) is 17.7 Å². The Hall–Kier alpha value is -2.91. The van der Waals surface area contributed by atoms with E-state index in [1.54, 1.807) is 13.5 Å². The summed E-state index contributed by atoms with van der Waals surface area (Å²) in [7, 11) is 1.55. The van der Waals surface area contributed by atoms with E-state index in [1.165, 1.54) is 5.56 Å². The summed E-state index contributed by atoms with van der Waals surface area (Å²) in [5, 5.41) is 8.83. The zero-order valence-electron chi connectivity index (χ0n) is 28.1. The van der Waals surface area contributed by atoms with Crippen LogP contribution in [0.4, 0.5) is 0 Å². The van der Waals surface area contributed by atoms with Crippen molar-refractivity contribution in [1.29, 1.82) is 0 Å². The third-order valence-corrected chi connectivity index (χ3v) is 8.86. The van der Waals surface area contributed by atoms with E-state index in [0.717, 1.165) is 23.1 Å². The van der Waals surface area contributed by atoms with E-state index in [9.17, 15) is 14.4 Å². The summed E-state index contributed by atoms with van der Waals surface area (Å²) in [6, 6.07) is 26.6. The van der Waals surface area contributed by atoms with Gasteiger partial charge >= 0.3 is 0 Å². The zero-order chi connectivity index (χ0) is 33.1. The Balaban J connectivity index is 0.00000600. The van der Waals surface area contributed by atoms with Gasteiger partial charge in [0.25, 0.3) is 0 Å². The molecule has 0 saturated carbocycles. The monoisotopic (exact) mass is 715 g/mol. The summed E-state index contributed by atoms with van der Waals surface area (Å²) < 4.78 is 12.5. The molecule has 1 radical (unpaired) electrons. The van der Waals surface area contributed by atoms with Crippen LogP contribution in [0.5, 0.6) is 0 Å². The first-order valence-electron chi connectivity index (χ1n) is 16.3. The number of nitrogens with one attached hydrogen (secondary N) is 3. The van der Waals surface area contributed by atoms with Crippen molar-refractivity contribution in [2.75, 3.05) is 7.05 Å². The van der Waals surface area contributed by atoms with E-state index in [2.05, 4.69) is 35.0 Å². The molecule has 0 aliphatic heterocycles. The number of ether oxygens (including phenoxy) is 2. The van der Waals surface area contributed by atoms with Gasteiger partial charge < -0.3 is 25.4 Å². The molecule has 0 fully saturated rings. The van der Waals surface area contributed by atoms with Gasteiger partial charge in [-0.05, 0) is 40.5 Å². The summed E-state index contributed by atoms with van der Waals surface area (Å²) >= 11 is 0. The second-order valence-corrected chi connectivity index (χ2v) is 12.3. The number of rotatable bonds is 16. The molecule has 3 amide bonds. The van der Waals surface area contributed by atoms with Crippen molar-refractivity contribution < 1.29 is 56.6 Å². The van der Waals surface area contributed by atoms with Crippen LogP contribution in [0.25, 0.3) is 0 Å². The molecule has 0 aromatic heterocycles. The molecule has 0 spiro atoms. The number of hydrogen-bond acceptors (Lipinski definition) is 5. The van der Waals surface area contributed by atoms with Crippen molar-refractivity contribution in [2.45, 2.75) is 78.0 Å². The molecule has 3 aromatic carbocycles. The van der Waals surface area contributed by atoms with Crippen LogP contribution in [-0.4, -0.2) is 43.0 Å². The van der Waals surface area contributed by atoms with Crippen molar-refractivity contribution in [2.24, 2.45) is 17.8 Å². The average molecular weight is 716 g/mol. The Bertz CT molecular complexity index is 1420. The average Bonchev–Trinajstić information content (AvgIpc) is 3.39. The van der Waals surface area contributed by atoms with Gasteiger partial charge in [0.15, 0.2) is 0 Å².